The van der Waals surface area contributed by atoms with Gasteiger partial charge >= 0.3 is 0 Å². The highest BCUT2D eigenvalue weighted by atomic mass is 32.2. The Morgan fingerprint density at radius 3 is 3.04 bits per heavy atom. The second-order valence-corrected chi connectivity index (χ2v) is 6.68. The number of ether oxygens (including phenoxy) is 1. The zero-order valence-corrected chi connectivity index (χ0v) is 14.6. The van der Waals surface area contributed by atoms with Crippen molar-refractivity contribution in [2.24, 2.45) is 4.99 Å². The summed E-state index contributed by atoms with van der Waals surface area (Å²) in [5.74, 6) is 0.664. The van der Waals surface area contributed by atoms with E-state index in [1.54, 1.807) is 24.3 Å². The van der Waals surface area contributed by atoms with E-state index < -0.39 is 0 Å². The molecule has 0 spiro atoms. The number of amides is 1. The van der Waals surface area contributed by atoms with E-state index in [0.29, 0.717) is 21.7 Å². The largest absolute Gasteiger partial charge is 0.497 e. The molecule has 1 aliphatic heterocycles. The Kier molecular flexibility index (Phi) is 5.12. The van der Waals surface area contributed by atoms with E-state index in [2.05, 4.69) is 16.6 Å². The van der Waals surface area contributed by atoms with Crippen molar-refractivity contribution in [2.45, 2.75) is 0 Å². The molecule has 2 aromatic rings. The summed E-state index contributed by atoms with van der Waals surface area (Å²) in [6.45, 7) is 4.12. The van der Waals surface area contributed by atoms with E-state index in [9.17, 15) is 4.79 Å². The first-order valence-electron chi connectivity index (χ1n) is 7.16. The van der Waals surface area contributed by atoms with Crippen LogP contribution < -0.4 is 4.74 Å². The minimum Gasteiger partial charge on any atom is -0.497 e. The first-order valence-corrected chi connectivity index (χ1v) is 8.85. The van der Waals surface area contributed by atoms with Gasteiger partial charge in [-0.1, -0.05) is 18.2 Å². The van der Waals surface area contributed by atoms with Crippen molar-refractivity contribution in [2.75, 3.05) is 13.7 Å². The highest BCUT2D eigenvalue weighted by molar-refractivity contribution is 8.18. The third kappa shape index (κ3) is 3.58. The molecule has 0 radical (unpaired) electrons. The van der Waals surface area contributed by atoms with Crippen LogP contribution in [0, 0.1) is 0 Å². The zero-order chi connectivity index (χ0) is 16.9. The molecule has 7 heteroatoms. The lowest BCUT2D eigenvalue weighted by molar-refractivity contribution is -0.121. The number of hydrogen-bond acceptors (Lipinski definition) is 6. The SMILES string of the molecule is C=CCN1C(=O)/C(=C/c2cccc(OC)c2)S/C1=N/c1nccs1. The molecule has 3 rings (SSSR count). The first-order chi connectivity index (χ1) is 11.7. The number of carbonyl (C=O) groups is 1. The summed E-state index contributed by atoms with van der Waals surface area (Å²) in [4.78, 5) is 23.5. The van der Waals surface area contributed by atoms with Gasteiger partial charge < -0.3 is 4.74 Å². The molecular formula is C17H15N3O2S2. The molecule has 1 amide bonds. The number of methoxy groups -OCH3 is 1. The van der Waals surface area contributed by atoms with Crippen molar-refractivity contribution in [3.8, 4) is 5.75 Å². The van der Waals surface area contributed by atoms with Crippen LogP contribution in [0.3, 0.4) is 0 Å². The predicted octanol–water partition coefficient (Wildman–Crippen LogP) is 3.94. The van der Waals surface area contributed by atoms with Crippen molar-refractivity contribution >= 4 is 45.4 Å². The molecule has 1 aromatic carbocycles. The smallest absolute Gasteiger partial charge is 0.267 e. The number of aromatic nitrogens is 1. The Bertz CT molecular complexity index is 813. The van der Waals surface area contributed by atoms with Crippen LogP contribution in [-0.2, 0) is 4.79 Å². The summed E-state index contributed by atoms with van der Waals surface area (Å²) in [7, 11) is 1.62. The summed E-state index contributed by atoms with van der Waals surface area (Å²) in [6.07, 6.45) is 5.22. The van der Waals surface area contributed by atoms with Gasteiger partial charge in [-0.15, -0.1) is 17.9 Å². The van der Waals surface area contributed by atoms with E-state index >= 15 is 0 Å². The van der Waals surface area contributed by atoms with Crippen molar-refractivity contribution in [1.29, 1.82) is 0 Å². The maximum atomic E-state index is 12.7. The van der Waals surface area contributed by atoms with Crippen LogP contribution in [0.2, 0.25) is 0 Å². The number of carbonyl (C=O) groups excluding carboxylic acids is 1. The molecular weight excluding hydrogens is 342 g/mol. The third-order valence-electron chi connectivity index (χ3n) is 3.20. The standard InChI is InChI=1S/C17H15N3O2S2/c1-3-8-20-15(21)14(11-12-5-4-6-13(10-12)22-2)24-17(20)19-16-18-7-9-23-16/h3-7,9-11H,1,8H2,2H3/b14-11-,19-17+. The normalized spacial score (nSPS) is 17.7. The molecule has 0 atom stereocenters. The van der Waals surface area contributed by atoms with E-state index in [1.807, 2.05) is 35.7 Å². The van der Waals surface area contributed by atoms with Crippen molar-refractivity contribution in [1.82, 2.24) is 9.88 Å². The lowest BCUT2D eigenvalue weighted by Gasteiger charge is -2.11. The fourth-order valence-electron chi connectivity index (χ4n) is 2.12. The summed E-state index contributed by atoms with van der Waals surface area (Å²) < 4.78 is 5.22. The number of nitrogens with zero attached hydrogens (tertiary/aromatic N) is 3. The lowest BCUT2D eigenvalue weighted by atomic mass is 10.2. The molecule has 1 saturated heterocycles. The molecule has 1 aromatic heterocycles. The van der Waals surface area contributed by atoms with Gasteiger partial charge in [0.2, 0.25) is 5.13 Å². The lowest BCUT2D eigenvalue weighted by Crippen LogP contribution is -2.29. The topological polar surface area (TPSA) is 54.8 Å². The quantitative estimate of drug-likeness (QED) is 0.601. The van der Waals surface area contributed by atoms with Gasteiger partial charge in [0.05, 0.1) is 12.0 Å². The van der Waals surface area contributed by atoms with Crippen LogP contribution in [-0.4, -0.2) is 34.6 Å². The van der Waals surface area contributed by atoms with E-state index in [0.717, 1.165) is 11.3 Å². The Morgan fingerprint density at radius 1 is 1.46 bits per heavy atom. The van der Waals surface area contributed by atoms with Gasteiger partial charge in [-0.2, -0.15) is 4.99 Å². The summed E-state index contributed by atoms with van der Waals surface area (Å²) in [6, 6.07) is 7.57. The van der Waals surface area contributed by atoms with Gasteiger partial charge in [0.1, 0.15) is 5.75 Å². The molecule has 0 saturated carbocycles. The number of thiazole rings is 1. The number of thioether (sulfide) groups is 1. The molecule has 0 N–H and O–H groups in total. The molecule has 0 unspecified atom stereocenters. The van der Waals surface area contributed by atoms with E-state index in [1.165, 1.54) is 23.1 Å². The van der Waals surface area contributed by atoms with Gasteiger partial charge in [-0.05, 0) is 35.5 Å². The Labute approximate surface area is 148 Å². The van der Waals surface area contributed by atoms with Crippen molar-refractivity contribution in [3.05, 3.63) is 59.0 Å². The van der Waals surface area contributed by atoms with Crippen LogP contribution in [0.15, 0.2) is 58.4 Å². The molecule has 24 heavy (non-hydrogen) atoms. The van der Waals surface area contributed by atoms with Gasteiger partial charge in [0.15, 0.2) is 5.17 Å². The molecule has 5 nitrogen and oxygen atoms in total. The summed E-state index contributed by atoms with van der Waals surface area (Å²) >= 11 is 2.77. The molecule has 1 fully saturated rings. The minimum absolute atomic E-state index is 0.0852. The van der Waals surface area contributed by atoms with E-state index in [-0.39, 0.29) is 5.91 Å². The highest BCUT2D eigenvalue weighted by Crippen LogP contribution is 2.34. The van der Waals surface area contributed by atoms with Gasteiger partial charge in [-0.3, -0.25) is 9.69 Å². The van der Waals surface area contributed by atoms with E-state index in [4.69, 9.17) is 4.74 Å². The van der Waals surface area contributed by atoms with Crippen LogP contribution in [0.25, 0.3) is 6.08 Å². The Morgan fingerprint density at radius 2 is 2.33 bits per heavy atom. The highest BCUT2D eigenvalue weighted by Gasteiger charge is 2.32. The van der Waals surface area contributed by atoms with Crippen LogP contribution in [0.1, 0.15) is 5.56 Å². The summed E-state index contributed by atoms with van der Waals surface area (Å²) in [5, 5.41) is 3.09. The molecule has 122 valence electrons. The fourth-order valence-corrected chi connectivity index (χ4v) is 3.67. The average molecular weight is 357 g/mol. The van der Waals surface area contributed by atoms with Gasteiger partial charge in [0.25, 0.3) is 5.91 Å². The monoisotopic (exact) mass is 357 g/mol. The number of benzene rings is 1. The molecule has 0 bridgehead atoms. The molecule has 1 aliphatic rings. The third-order valence-corrected chi connectivity index (χ3v) is 4.87. The maximum Gasteiger partial charge on any atom is 0.267 e. The van der Waals surface area contributed by atoms with Crippen LogP contribution in [0.5, 0.6) is 5.75 Å². The van der Waals surface area contributed by atoms with Gasteiger partial charge in [0, 0.05) is 18.1 Å². The van der Waals surface area contributed by atoms with Crippen LogP contribution >= 0.6 is 23.1 Å². The second kappa shape index (κ2) is 7.46. The number of amidine groups is 1. The number of aliphatic imine (C=N–C) groups is 1. The average Bonchev–Trinajstić information content (AvgIpc) is 3.20. The minimum atomic E-state index is -0.0852. The van der Waals surface area contributed by atoms with Gasteiger partial charge in [-0.25, -0.2) is 4.98 Å². The number of rotatable bonds is 5. The zero-order valence-electron chi connectivity index (χ0n) is 13.0. The second-order valence-electron chi connectivity index (χ2n) is 4.80. The van der Waals surface area contributed by atoms with Crippen molar-refractivity contribution in [3.63, 3.8) is 0 Å². The Balaban J connectivity index is 1.93. The van der Waals surface area contributed by atoms with Crippen molar-refractivity contribution < 1.29 is 9.53 Å². The van der Waals surface area contributed by atoms with Crippen LogP contribution in [0.4, 0.5) is 5.13 Å². The fraction of sp³-hybridized carbons (Fsp3) is 0.118. The predicted molar refractivity (Wildman–Crippen MR) is 99.7 cm³/mol. The number of hydrogen-bond donors (Lipinski definition) is 0. The summed E-state index contributed by atoms with van der Waals surface area (Å²) in [5.41, 5.74) is 0.902. The maximum absolute atomic E-state index is 12.7. The molecule has 2 heterocycles. The Hall–Kier alpha value is -2.38. The molecule has 0 aliphatic carbocycles. The first kappa shape index (κ1) is 16.5.